The van der Waals surface area contributed by atoms with Crippen LogP contribution in [0.15, 0.2) is 48.5 Å². The van der Waals surface area contributed by atoms with E-state index in [4.69, 9.17) is 28.9 Å². The molecule has 1 unspecified atom stereocenters. The maximum absolute atomic E-state index is 13.0. The van der Waals surface area contributed by atoms with E-state index in [-0.39, 0.29) is 10.7 Å². The number of halogens is 3. The average Bonchev–Trinajstić information content (AvgIpc) is 2.57. The number of alkyl halides is 2. The van der Waals surface area contributed by atoms with E-state index >= 15 is 0 Å². The molecule has 2 aromatic carbocycles. The van der Waals surface area contributed by atoms with E-state index in [9.17, 15) is 18.8 Å². The standard InChI is InChI=1S/C17H12ClF2N3O2S/c18-13-6-1-2-7-14(13)23-16(26)12(9-21)15(24)22-11-5-3-4-10(8-11)17(19,20)25/h1-8,12,25H,(H,22,24)(H,23,26). The van der Waals surface area contributed by atoms with E-state index in [0.717, 1.165) is 12.1 Å². The number of aliphatic hydroxyl groups is 1. The van der Waals surface area contributed by atoms with Crippen molar-refractivity contribution in [2.75, 3.05) is 10.6 Å². The molecule has 0 spiro atoms. The van der Waals surface area contributed by atoms with Crippen molar-refractivity contribution in [1.29, 1.82) is 5.26 Å². The van der Waals surface area contributed by atoms with Crippen LogP contribution in [-0.4, -0.2) is 16.0 Å². The number of rotatable bonds is 5. The number of nitriles is 1. The van der Waals surface area contributed by atoms with Crippen LogP contribution in [0.3, 0.4) is 0 Å². The van der Waals surface area contributed by atoms with Gasteiger partial charge in [-0.1, -0.05) is 48.1 Å². The van der Waals surface area contributed by atoms with Gasteiger partial charge in [-0.05, 0) is 24.3 Å². The molecule has 0 aromatic heterocycles. The Bertz CT molecular complexity index is 881. The molecule has 0 aliphatic carbocycles. The molecule has 0 saturated carbocycles. The number of para-hydroxylation sites is 1. The Hall–Kier alpha value is -2.60. The Morgan fingerprint density at radius 3 is 2.54 bits per heavy atom. The van der Waals surface area contributed by atoms with Crippen molar-refractivity contribution in [3.8, 4) is 6.07 Å². The zero-order valence-electron chi connectivity index (χ0n) is 13.0. The van der Waals surface area contributed by atoms with E-state index in [0.29, 0.717) is 10.7 Å². The Morgan fingerprint density at radius 1 is 1.23 bits per heavy atom. The summed E-state index contributed by atoms with van der Waals surface area (Å²) >= 11 is 11.1. The van der Waals surface area contributed by atoms with Crippen molar-refractivity contribution in [3.05, 3.63) is 59.1 Å². The van der Waals surface area contributed by atoms with Crippen molar-refractivity contribution in [2.45, 2.75) is 6.11 Å². The molecule has 0 saturated heterocycles. The minimum atomic E-state index is -4.05. The summed E-state index contributed by atoms with van der Waals surface area (Å²) in [5, 5.41) is 23.4. The smallest absolute Gasteiger partial charge is 0.347 e. The van der Waals surface area contributed by atoms with E-state index in [1.807, 2.05) is 0 Å². The van der Waals surface area contributed by atoms with Gasteiger partial charge in [0.05, 0.1) is 22.3 Å². The topological polar surface area (TPSA) is 85.2 Å². The lowest BCUT2D eigenvalue weighted by atomic mass is 10.1. The van der Waals surface area contributed by atoms with Crippen LogP contribution in [0.2, 0.25) is 5.02 Å². The van der Waals surface area contributed by atoms with Gasteiger partial charge < -0.3 is 15.7 Å². The highest BCUT2D eigenvalue weighted by molar-refractivity contribution is 7.80. The van der Waals surface area contributed by atoms with E-state index in [2.05, 4.69) is 10.6 Å². The van der Waals surface area contributed by atoms with Gasteiger partial charge in [0.1, 0.15) is 4.99 Å². The predicted octanol–water partition coefficient (Wildman–Crippen LogP) is 3.90. The second kappa shape index (κ2) is 8.19. The Morgan fingerprint density at radius 2 is 1.92 bits per heavy atom. The summed E-state index contributed by atoms with van der Waals surface area (Å²) in [5.74, 6) is -2.19. The summed E-state index contributed by atoms with van der Waals surface area (Å²) < 4.78 is 25.9. The lowest BCUT2D eigenvalue weighted by molar-refractivity contribution is -0.208. The maximum atomic E-state index is 13.0. The number of anilines is 2. The van der Waals surface area contributed by atoms with Gasteiger partial charge in [0.15, 0.2) is 5.92 Å². The van der Waals surface area contributed by atoms with Gasteiger partial charge in [-0.25, -0.2) is 0 Å². The number of nitrogens with zero attached hydrogens (tertiary/aromatic N) is 1. The quantitative estimate of drug-likeness (QED) is 0.668. The second-order valence-electron chi connectivity index (χ2n) is 5.14. The van der Waals surface area contributed by atoms with Crippen LogP contribution in [0, 0.1) is 17.2 Å². The molecule has 0 aliphatic heterocycles. The number of carbonyl (C=O) groups excluding carboxylic acids is 1. The van der Waals surface area contributed by atoms with Gasteiger partial charge in [0, 0.05) is 5.69 Å². The largest absolute Gasteiger partial charge is 0.380 e. The fourth-order valence-electron chi connectivity index (χ4n) is 2.00. The third-order valence-corrected chi connectivity index (χ3v) is 3.93. The molecule has 2 rings (SSSR count). The van der Waals surface area contributed by atoms with Gasteiger partial charge in [0.25, 0.3) is 0 Å². The number of hydrogen-bond acceptors (Lipinski definition) is 4. The molecule has 0 radical (unpaired) electrons. The molecular weight excluding hydrogens is 384 g/mol. The minimum absolute atomic E-state index is 0.0120. The number of carbonyl (C=O) groups is 1. The highest BCUT2D eigenvalue weighted by Gasteiger charge is 2.28. The van der Waals surface area contributed by atoms with Gasteiger partial charge >= 0.3 is 6.11 Å². The van der Waals surface area contributed by atoms with Crippen molar-refractivity contribution in [2.24, 2.45) is 5.92 Å². The van der Waals surface area contributed by atoms with Crippen LogP contribution in [0.1, 0.15) is 5.56 Å². The zero-order chi connectivity index (χ0) is 19.3. The molecule has 0 bridgehead atoms. The SMILES string of the molecule is N#CC(C(=O)Nc1cccc(C(O)(F)F)c1)C(=S)Nc1ccccc1Cl. The first kappa shape index (κ1) is 19.7. The minimum Gasteiger partial charge on any atom is -0.347 e. The van der Waals surface area contributed by atoms with Crippen LogP contribution < -0.4 is 10.6 Å². The van der Waals surface area contributed by atoms with Crippen molar-refractivity contribution >= 4 is 46.1 Å². The van der Waals surface area contributed by atoms with Crippen LogP contribution in [0.5, 0.6) is 0 Å². The Balaban J connectivity index is 2.13. The summed E-state index contributed by atoms with van der Waals surface area (Å²) in [4.78, 5) is 12.2. The first-order valence-corrected chi connectivity index (χ1v) is 7.97. The lowest BCUT2D eigenvalue weighted by Gasteiger charge is -2.15. The van der Waals surface area contributed by atoms with E-state index in [1.165, 1.54) is 12.1 Å². The zero-order valence-corrected chi connectivity index (χ0v) is 14.6. The van der Waals surface area contributed by atoms with Gasteiger partial charge in [-0.2, -0.15) is 14.0 Å². The normalized spacial score (nSPS) is 12.0. The number of nitrogens with one attached hydrogen (secondary N) is 2. The molecule has 5 nitrogen and oxygen atoms in total. The summed E-state index contributed by atoms with van der Waals surface area (Å²) in [6.07, 6.45) is -4.05. The monoisotopic (exact) mass is 395 g/mol. The Kier molecular flexibility index (Phi) is 6.21. The third-order valence-electron chi connectivity index (χ3n) is 3.26. The van der Waals surface area contributed by atoms with Crippen LogP contribution in [0.25, 0.3) is 0 Å². The van der Waals surface area contributed by atoms with Gasteiger partial charge in [-0.15, -0.1) is 0 Å². The molecule has 1 atom stereocenters. The molecule has 134 valence electrons. The molecule has 26 heavy (non-hydrogen) atoms. The number of thiocarbonyl (C=S) groups is 1. The molecule has 9 heteroatoms. The molecule has 0 heterocycles. The molecule has 1 amide bonds. The van der Waals surface area contributed by atoms with Crippen molar-refractivity contribution < 1.29 is 18.7 Å². The Labute approximate surface area is 158 Å². The highest BCUT2D eigenvalue weighted by atomic mass is 35.5. The van der Waals surface area contributed by atoms with Crippen LogP contribution >= 0.6 is 23.8 Å². The van der Waals surface area contributed by atoms with E-state index < -0.39 is 23.5 Å². The van der Waals surface area contributed by atoms with Crippen molar-refractivity contribution in [1.82, 2.24) is 0 Å². The van der Waals surface area contributed by atoms with E-state index in [1.54, 1.807) is 30.3 Å². The predicted molar refractivity (Wildman–Crippen MR) is 98.0 cm³/mol. The fraction of sp³-hybridized carbons (Fsp3) is 0.118. The maximum Gasteiger partial charge on any atom is 0.380 e. The second-order valence-corrected chi connectivity index (χ2v) is 5.99. The highest BCUT2D eigenvalue weighted by Crippen LogP contribution is 2.26. The summed E-state index contributed by atoms with van der Waals surface area (Å²) in [6, 6.07) is 12.8. The molecule has 0 aliphatic rings. The molecule has 0 fully saturated rings. The van der Waals surface area contributed by atoms with Crippen molar-refractivity contribution in [3.63, 3.8) is 0 Å². The average molecular weight is 396 g/mol. The van der Waals surface area contributed by atoms with Crippen LogP contribution in [0.4, 0.5) is 20.2 Å². The fourth-order valence-corrected chi connectivity index (χ4v) is 2.45. The molecular formula is C17H12ClF2N3O2S. The first-order valence-electron chi connectivity index (χ1n) is 7.19. The number of hydrogen-bond donors (Lipinski definition) is 3. The molecule has 2 aromatic rings. The van der Waals surface area contributed by atoms with Gasteiger partial charge in [0.2, 0.25) is 5.91 Å². The van der Waals surface area contributed by atoms with Gasteiger partial charge in [-0.3, -0.25) is 4.79 Å². The third kappa shape index (κ3) is 4.95. The molecule has 3 N–H and O–H groups in total. The first-order chi connectivity index (χ1) is 12.2. The number of amides is 1. The summed E-state index contributed by atoms with van der Waals surface area (Å²) in [6.45, 7) is 0. The summed E-state index contributed by atoms with van der Waals surface area (Å²) in [5.41, 5.74) is -0.281. The summed E-state index contributed by atoms with van der Waals surface area (Å²) in [7, 11) is 0. The van der Waals surface area contributed by atoms with Crippen LogP contribution in [-0.2, 0) is 10.9 Å². The number of benzene rings is 2. The lowest BCUT2D eigenvalue weighted by Crippen LogP contribution is -2.31.